The summed E-state index contributed by atoms with van der Waals surface area (Å²) in [6.45, 7) is 5.30. The smallest absolute Gasteiger partial charge is 0.264 e. The van der Waals surface area contributed by atoms with Gasteiger partial charge in [-0.1, -0.05) is 83.0 Å². The van der Waals surface area contributed by atoms with Gasteiger partial charge in [0.15, 0.2) is 11.5 Å². The summed E-state index contributed by atoms with van der Waals surface area (Å²) in [6.07, 6.45) is 0.938. The zero-order chi connectivity index (χ0) is 34.8. The van der Waals surface area contributed by atoms with Crippen LogP contribution in [0.3, 0.4) is 0 Å². The van der Waals surface area contributed by atoms with Crippen molar-refractivity contribution in [3.05, 3.63) is 118 Å². The quantitative estimate of drug-likeness (QED) is 0.149. The first kappa shape index (κ1) is 36.5. The summed E-state index contributed by atoms with van der Waals surface area (Å²) in [5.41, 5.74) is 2.88. The number of carbonyl (C=O) groups excluding carboxylic acids is 2. The highest BCUT2D eigenvalue weighted by Crippen LogP contribution is 2.32. The minimum atomic E-state index is -4.32. The van der Waals surface area contributed by atoms with E-state index >= 15 is 0 Å². The number of nitrogens with one attached hydrogen (secondary N) is 1. The fraction of sp³-hybridized carbons (Fsp3) is 0.297. The van der Waals surface area contributed by atoms with Crippen LogP contribution in [0.1, 0.15) is 37.0 Å². The molecule has 0 unspecified atom stereocenters. The molecule has 0 radical (unpaired) electrons. The molecule has 0 aliphatic rings. The van der Waals surface area contributed by atoms with Gasteiger partial charge in [-0.25, -0.2) is 8.42 Å². The van der Waals surface area contributed by atoms with Crippen LogP contribution in [0.15, 0.2) is 106 Å². The molecule has 2 amide bonds. The van der Waals surface area contributed by atoms with Crippen molar-refractivity contribution in [2.24, 2.45) is 0 Å². The highest BCUT2D eigenvalue weighted by atomic mass is 79.9. The summed E-state index contributed by atoms with van der Waals surface area (Å²) >= 11 is 3.46. The van der Waals surface area contributed by atoms with Gasteiger partial charge in [-0.15, -0.1) is 0 Å². The first-order chi connectivity index (χ1) is 23.0. The van der Waals surface area contributed by atoms with Gasteiger partial charge in [0.2, 0.25) is 11.8 Å². The van der Waals surface area contributed by atoms with E-state index in [1.807, 2.05) is 75.4 Å². The van der Waals surface area contributed by atoms with E-state index in [4.69, 9.17) is 9.47 Å². The lowest BCUT2D eigenvalue weighted by atomic mass is 10.0. The van der Waals surface area contributed by atoms with Crippen LogP contribution >= 0.6 is 15.9 Å². The van der Waals surface area contributed by atoms with Crippen molar-refractivity contribution in [2.45, 2.75) is 57.1 Å². The summed E-state index contributed by atoms with van der Waals surface area (Å²) in [4.78, 5) is 30.0. The standard InChI is InChI=1S/C37H42BrN3O6S/c1-6-27(3)39-37(43)33(22-28-10-8-7-9-11-28)40(24-29-14-16-30(38)17-15-29)36(42)25-41(31-18-12-26(2)13-19-31)48(44,45)32-20-21-34(46-4)35(23-32)47-5/h7-21,23,27,33H,6,22,24-25H2,1-5H3,(H,39,43)/t27-,33-/m1/s1. The minimum absolute atomic E-state index is 0.0791. The Hall–Kier alpha value is -4.35. The average Bonchev–Trinajstić information content (AvgIpc) is 3.09. The van der Waals surface area contributed by atoms with E-state index in [9.17, 15) is 18.0 Å². The first-order valence-electron chi connectivity index (χ1n) is 15.7. The molecule has 48 heavy (non-hydrogen) atoms. The van der Waals surface area contributed by atoms with Gasteiger partial charge in [-0.2, -0.15) is 0 Å². The normalized spacial score (nSPS) is 12.5. The number of hydrogen-bond acceptors (Lipinski definition) is 6. The number of anilines is 1. The Morgan fingerprint density at radius 3 is 2.10 bits per heavy atom. The number of rotatable bonds is 15. The lowest BCUT2D eigenvalue weighted by Gasteiger charge is -2.34. The molecule has 2 atom stereocenters. The van der Waals surface area contributed by atoms with Crippen LogP contribution in [0.25, 0.3) is 0 Å². The van der Waals surface area contributed by atoms with Gasteiger partial charge >= 0.3 is 0 Å². The number of amides is 2. The molecule has 0 saturated carbocycles. The molecular weight excluding hydrogens is 694 g/mol. The Bertz CT molecular complexity index is 1780. The van der Waals surface area contributed by atoms with Gasteiger partial charge in [0, 0.05) is 29.5 Å². The largest absolute Gasteiger partial charge is 0.493 e. The molecule has 4 rings (SSSR count). The van der Waals surface area contributed by atoms with Crippen molar-refractivity contribution in [3.8, 4) is 11.5 Å². The third-order valence-corrected chi connectivity index (χ3v) is 10.4. The topological polar surface area (TPSA) is 105 Å². The van der Waals surface area contributed by atoms with Gasteiger partial charge in [0.1, 0.15) is 12.6 Å². The van der Waals surface area contributed by atoms with E-state index in [0.29, 0.717) is 17.9 Å². The highest BCUT2D eigenvalue weighted by molar-refractivity contribution is 9.10. The summed E-state index contributed by atoms with van der Waals surface area (Å²) in [5.74, 6) is -0.257. The SMILES string of the molecule is CC[C@@H](C)NC(=O)[C@@H](Cc1ccccc1)N(Cc1ccc(Br)cc1)C(=O)CN(c1ccc(C)cc1)S(=O)(=O)c1ccc(OC)c(OC)c1. The predicted molar refractivity (Wildman–Crippen MR) is 192 cm³/mol. The maximum Gasteiger partial charge on any atom is 0.264 e. The molecule has 0 saturated heterocycles. The van der Waals surface area contributed by atoms with Crippen LogP contribution in [0.4, 0.5) is 5.69 Å². The third kappa shape index (κ3) is 9.17. The second-order valence-electron chi connectivity index (χ2n) is 11.5. The van der Waals surface area contributed by atoms with E-state index < -0.39 is 28.5 Å². The van der Waals surface area contributed by atoms with Crippen molar-refractivity contribution < 1.29 is 27.5 Å². The van der Waals surface area contributed by atoms with Gasteiger partial charge in [0.05, 0.1) is 24.8 Å². The molecule has 0 heterocycles. The van der Waals surface area contributed by atoms with E-state index in [1.165, 1.54) is 37.3 Å². The molecule has 9 nitrogen and oxygen atoms in total. The van der Waals surface area contributed by atoms with Gasteiger partial charge in [0.25, 0.3) is 10.0 Å². The lowest BCUT2D eigenvalue weighted by Crippen LogP contribution is -2.54. The van der Waals surface area contributed by atoms with E-state index in [1.54, 1.807) is 24.3 Å². The van der Waals surface area contributed by atoms with Gasteiger partial charge in [-0.05, 0) is 67.8 Å². The Morgan fingerprint density at radius 1 is 0.854 bits per heavy atom. The van der Waals surface area contributed by atoms with Crippen molar-refractivity contribution in [1.82, 2.24) is 10.2 Å². The molecule has 0 aliphatic carbocycles. The number of benzene rings is 4. The molecule has 1 N–H and O–H groups in total. The van der Waals surface area contributed by atoms with Crippen LogP contribution in [-0.2, 0) is 32.6 Å². The Morgan fingerprint density at radius 2 is 1.50 bits per heavy atom. The fourth-order valence-corrected chi connectivity index (χ4v) is 6.82. The third-order valence-electron chi connectivity index (χ3n) is 8.08. The van der Waals surface area contributed by atoms with E-state index in [2.05, 4.69) is 21.2 Å². The summed E-state index contributed by atoms with van der Waals surface area (Å²) in [5, 5.41) is 3.05. The molecule has 0 aliphatic heterocycles. The molecule has 254 valence electrons. The maximum absolute atomic E-state index is 14.6. The molecule has 0 bridgehead atoms. The molecule has 0 spiro atoms. The zero-order valence-corrected chi connectivity index (χ0v) is 30.3. The van der Waals surface area contributed by atoms with Crippen LogP contribution in [0.5, 0.6) is 11.5 Å². The molecule has 4 aromatic carbocycles. The van der Waals surface area contributed by atoms with Crippen molar-refractivity contribution in [2.75, 3.05) is 25.1 Å². The summed E-state index contributed by atoms with van der Waals surface area (Å²) in [6, 6.07) is 27.1. The number of ether oxygens (including phenoxy) is 2. The highest BCUT2D eigenvalue weighted by Gasteiger charge is 2.35. The van der Waals surface area contributed by atoms with Crippen molar-refractivity contribution in [1.29, 1.82) is 0 Å². The molecule has 0 aromatic heterocycles. The lowest BCUT2D eigenvalue weighted by molar-refractivity contribution is -0.140. The number of nitrogens with zero attached hydrogens (tertiary/aromatic N) is 2. The number of aryl methyl sites for hydroxylation is 1. The van der Waals surface area contributed by atoms with Gasteiger partial charge < -0.3 is 19.7 Å². The summed E-state index contributed by atoms with van der Waals surface area (Å²) < 4.78 is 41.4. The maximum atomic E-state index is 14.6. The number of halogens is 1. The molecule has 4 aromatic rings. The Labute approximate surface area is 292 Å². The monoisotopic (exact) mass is 735 g/mol. The number of hydrogen-bond donors (Lipinski definition) is 1. The Balaban J connectivity index is 1.82. The zero-order valence-electron chi connectivity index (χ0n) is 27.9. The average molecular weight is 737 g/mol. The minimum Gasteiger partial charge on any atom is -0.493 e. The van der Waals surface area contributed by atoms with E-state index in [-0.39, 0.29) is 35.6 Å². The van der Waals surface area contributed by atoms with Crippen LogP contribution in [0.2, 0.25) is 0 Å². The molecule has 11 heteroatoms. The second kappa shape index (κ2) is 16.7. The molecular formula is C37H42BrN3O6S. The second-order valence-corrected chi connectivity index (χ2v) is 14.3. The van der Waals surface area contributed by atoms with Crippen LogP contribution < -0.4 is 19.1 Å². The van der Waals surface area contributed by atoms with Crippen molar-refractivity contribution in [3.63, 3.8) is 0 Å². The predicted octanol–water partition coefficient (Wildman–Crippen LogP) is 6.52. The fourth-order valence-electron chi connectivity index (χ4n) is 5.13. The van der Waals surface area contributed by atoms with Gasteiger partial charge in [-0.3, -0.25) is 13.9 Å². The van der Waals surface area contributed by atoms with Crippen LogP contribution in [0, 0.1) is 6.92 Å². The van der Waals surface area contributed by atoms with Crippen molar-refractivity contribution >= 4 is 43.5 Å². The number of sulfonamides is 1. The first-order valence-corrected chi connectivity index (χ1v) is 17.9. The molecule has 0 fully saturated rings. The summed E-state index contributed by atoms with van der Waals surface area (Å²) in [7, 11) is -1.43. The van der Waals surface area contributed by atoms with E-state index in [0.717, 1.165) is 25.5 Å². The Kier molecular flexibility index (Phi) is 12.7. The number of carbonyl (C=O) groups is 2. The number of methoxy groups -OCH3 is 2. The van der Waals surface area contributed by atoms with Crippen LogP contribution in [-0.4, -0.2) is 58.0 Å².